The average Bonchev–Trinajstić information content (AvgIpc) is 3.15. The van der Waals surface area contributed by atoms with Gasteiger partial charge in [-0.1, -0.05) is 30.3 Å². The number of hydrogen-bond acceptors (Lipinski definition) is 18. The van der Waals surface area contributed by atoms with Crippen LogP contribution in [-0.2, 0) is 33.2 Å². The van der Waals surface area contributed by atoms with Gasteiger partial charge in [-0.15, -0.1) is 0 Å². The third kappa shape index (κ3) is 7.59. The summed E-state index contributed by atoms with van der Waals surface area (Å²) in [5, 5.41) is 87.4. The minimum atomic E-state index is -1.92. The minimum Gasteiger partial charge on any atom is -0.462 e. The number of benzene rings is 2. The number of ether oxygens (including phenoxy) is 8. The lowest BCUT2D eigenvalue weighted by atomic mass is 9.95. The quantitative estimate of drug-likeness (QED) is 0.107. The lowest BCUT2D eigenvalue weighted by Crippen LogP contribution is -2.67. The summed E-state index contributed by atoms with van der Waals surface area (Å²) in [6, 6.07) is 14.8. The van der Waals surface area contributed by atoms with Crippen molar-refractivity contribution in [2.75, 3.05) is 19.8 Å². The summed E-state index contributed by atoms with van der Waals surface area (Å²) < 4.78 is 51.5. The Labute approximate surface area is 301 Å². The molecule has 7 rings (SSSR count). The first-order chi connectivity index (χ1) is 25.5. The van der Waals surface area contributed by atoms with E-state index in [4.69, 9.17) is 42.3 Å². The molecule has 0 spiro atoms. The molecule has 2 aromatic carbocycles. The van der Waals surface area contributed by atoms with E-state index in [2.05, 4.69) is 0 Å². The second kappa shape index (κ2) is 15.9. The summed E-state index contributed by atoms with van der Waals surface area (Å²) >= 11 is 0. The van der Waals surface area contributed by atoms with Gasteiger partial charge in [0.05, 0.1) is 19.8 Å². The van der Waals surface area contributed by atoms with Crippen LogP contribution >= 0.6 is 0 Å². The van der Waals surface area contributed by atoms with E-state index in [1.807, 2.05) is 6.07 Å². The van der Waals surface area contributed by atoms with Gasteiger partial charge in [-0.05, 0) is 24.6 Å². The monoisotopic (exact) mass is 750 g/mol. The van der Waals surface area contributed by atoms with Crippen LogP contribution in [0.3, 0.4) is 0 Å². The molecule has 0 amide bonds. The Morgan fingerprint density at radius 1 is 0.698 bits per heavy atom. The van der Waals surface area contributed by atoms with Crippen LogP contribution < -0.4 is 10.4 Å². The highest BCUT2D eigenvalue weighted by Gasteiger charge is 2.55. The van der Waals surface area contributed by atoms with Crippen molar-refractivity contribution in [1.29, 1.82) is 0 Å². The summed E-state index contributed by atoms with van der Waals surface area (Å²) in [7, 11) is 0. The molecule has 1 aromatic heterocycles. The molecule has 0 aliphatic carbocycles. The van der Waals surface area contributed by atoms with Crippen LogP contribution in [0.5, 0.6) is 5.75 Å². The molecule has 3 aromatic rings. The van der Waals surface area contributed by atoms with Crippen LogP contribution in [0.2, 0.25) is 0 Å². The minimum absolute atomic E-state index is 0.0696. The molecule has 4 aliphatic heterocycles. The molecular formula is C35H42O18. The molecule has 5 heterocycles. The van der Waals surface area contributed by atoms with Crippen molar-refractivity contribution in [3.05, 3.63) is 76.1 Å². The first kappa shape index (κ1) is 38.1. The van der Waals surface area contributed by atoms with Crippen LogP contribution in [0.15, 0.2) is 63.8 Å². The standard InChI is InChI=1S/C35H42O18/c1-14-9-22(38)47-18-10-16(7-8-17(14)18)46-34-27(43)30(23(39)19(11-36)48-34)53-35-28(44)31(24(40)20(12-37)49-35)52-33-26(42)25(41)29-21(50-33)13-45-32(51-29)15-5-3-2-4-6-15/h2-10,19-21,23-37,39-44H,11-13H2,1H3/t19-,20-,21-,23-,24-,25-,26-,27-,28-,29-,30+,31+,32?,33+,34-,35+/m1/s1. The normalized spacial score (nSPS) is 40.5. The smallest absolute Gasteiger partial charge is 0.336 e. The first-order valence-corrected chi connectivity index (χ1v) is 17.1. The van der Waals surface area contributed by atoms with Gasteiger partial charge in [0.15, 0.2) is 18.9 Å². The van der Waals surface area contributed by atoms with E-state index in [0.29, 0.717) is 16.5 Å². The highest BCUT2D eigenvalue weighted by molar-refractivity contribution is 5.81. The van der Waals surface area contributed by atoms with Crippen LogP contribution in [0.4, 0.5) is 0 Å². The zero-order valence-corrected chi connectivity index (χ0v) is 28.2. The number of aryl methyl sites for hydroxylation is 1. The Morgan fingerprint density at radius 3 is 1.98 bits per heavy atom. The van der Waals surface area contributed by atoms with E-state index < -0.39 is 117 Å². The molecule has 18 heteroatoms. The van der Waals surface area contributed by atoms with Crippen molar-refractivity contribution in [3.63, 3.8) is 0 Å². The molecular weight excluding hydrogens is 708 g/mol. The number of aliphatic hydroxyl groups is 8. The predicted octanol–water partition coefficient (Wildman–Crippen LogP) is -2.31. The lowest BCUT2D eigenvalue weighted by Gasteiger charge is -2.49. The fourth-order valence-corrected chi connectivity index (χ4v) is 6.93. The van der Waals surface area contributed by atoms with Gasteiger partial charge in [0.1, 0.15) is 84.6 Å². The van der Waals surface area contributed by atoms with Crippen molar-refractivity contribution >= 4 is 11.0 Å². The van der Waals surface area contributed by atoms with Gasteiger partial charge >= 0.3 is 5.63 Å². The van der Waals surface area contributed by atoms with Gasteiger partial charge in [-0.25, -0.2) is 4.79 Å². The average molecular weight is 751 g/mol. The van der Waals surface area contributed by atoms with E-state index in [-0.39, 0.29) is 17.9 Å². The molecule has 290 valence electrons. The lowest BCUT2D eigenvalue weighted by molar-refractivity contribution is -0.393. The van der Waals surface area contributed by atoms with Gasteiger partial charge in [-0.2, -0.15) is 0 Å². The molecule has 4 aliphatic rings. The van der Waals surface area contributed by atoms with E-state index in [0.717, 1.165) is 0 Å². The van der Waals surface area contributed by atoms with Gasteiger partial charge in [0, 0.05) is 23.1 Å². The highest BCUT2D eigenvalue weighted by atomic mass is 16.8. The number of aliphatic hydroxyl groups excluding tert-OH is 8. The van der Waals surface area contributed by atoms with E-state index in [1.165, 1.54) is 18.2 Å². The first-order valence-electron chi connectivity index (χ1n) is 17.1. The van der Waals surface area contributed by atoms with E-state index >= 15 is 0 Å². The fraction of sp³-hybridized carbons (Fsp3) is 0.571. The SMILES string of the molecule is Cc1cc(=O)oc2cc(O[C@@H]3O[C@H](CO)[C@@H](O)[C@H](O[C@@H]4O[C@H](CO)[C@@H](O)[C@H](O[C@@H]5O[C@@H]6COC(c7ccccc7)O[C@H]6[C@H](O)[C@H]5O)[C@H]4O)[C@H]3O)ccc12. The molecule has 0 saturated carbocycles. The maximum atomic E-state index is 11.9. The Morgan fingerprint density at radius 2 is 1.32 bits per heavy atom. The molecule has 8 N–H and O–H groups in total. The van der Waals surface area contributed by atoms with Gasteiger partial charge in [-0.3, -0.25) is 0 Å². The van der Waals surface area contributed by atoms with Crippen LogP contribution in [0, 0.1) is 6.92 Å². The second-order valence-electron chi connectivity index (χ2n) is 13.3. The van der Waals surface area contributed by atoms with Crippen molar-refractivity contribution in [3.8, 4) is 5.75 Å². The topological polar surface area (TPSA) is 266 Å². The highest BCUT2D eigenvalue weighted by Crippen LogP contribution is 2.37. The summed E-state index contributed by atoms with van der Waals surface area (Å²) in [5.41, 5.74) is 0.948. The third-order valence-electron chi connectivity index (χ3n) is 9.81. The summed E-state index contributed by atoms with van der Waals surface area (Å²) in [5.74, 6) is 0.0906. The van der Waals surface area contributed by atoms with Crippen molar-refractivity contribution in [2.24, 2.45) is 0 Å². The third-order valence-corrected chi connectivity index (χ3v) is 9.81. The predicted molar refractivity (Wildman–Crippen MR) is 174 cm³/mol. The Balaban J connectivity index is 1.05. The molecule has 0 bridgehead atoms. The largest absolute Gasteiger partial charge is 0.462 e. The molecule has 53 heavy (non-hydrogen) atoms. The van der Waals surface area contributed by atoms with Gasteiger partial charge in [0.25, 0.3) is 0 Å². The maximum absolute atomic E-state index is 11.9. The van der Waals surface area contributed by atoms with Gasteiger partial charge < -0.3 is 83.2 Å². The molecule has 16 atom stereocenters. The second-order valence-corrected chi connectivity index (χ2v) is 13.3. The fourth-order valence-electron chi connectivity index (χ4n) is 6.93. The van der Waals surface area contributed by atoms with Crippen LogP contribution in [0.25, 0.3) is 11.0 Å². The summed E-state index contributed by atoms with van der Waals surface area (Å²) in [6.07, 6.45) is -24.5. The molecule has 1 unspecified atom stereocenters. The summed E-state index contributed by atoms with van der Waals surface area (Å²) in [4.78, 5) is 11.9. The summed E-state index contributed by atoms with van der Waals surface area (Å²) in [6.45, 7) is 0.0995. The van der Waals surface area contributed by atoms with Crippen molar-refractivity contribution in [1.82, 2.24) is 0 Å². The Kier molecular flexibility index (Phi) is 11.4. The number of rotatable bonds is 9. The zero-order valence-electron chi connectivity index (χ0n) is 28.2. The molecule has 18 nitrogen and oxygen atoms in total. The molecule has 0 radical (unpaired) electrons. The van der Waals surface area contributed by atoms with Crippen LogP contribution in [0.1, 0.15) is 17.4 Å². The van der Waals surface area contributed by atoms with E-state index in [1.54, 1.807) is 37.3 Å². The van der Waals surface area contributed by atoms with E-state index in [9.17, 15) is 45.6 Å². The molecule has 4 fully saturated rings. The van der Waals surface area contributed by atoms with Gasteiger partial charge in [0.2, 0.25) is 6.29 Å². The van der Waals surface area contributed by atoms with Crippen LogP contribution in [-0.4, -0.2) is 153 Å². The van der Waals surface area contributed by atoms with Crippen molar-refractivity contribution < 1.29 is 83.2 Å². The Bertz CT molecular complexity index is 1740. The Hall–Kier alpha value is -3.15. The number of fused-ring (bicyclic) bond motifs is 2. The zero-order chi connectivity index (χ0) is 37.6. The maximum Gasteiger partial charge on any atom is 0.336 e. The van der Waals surface area contributed by atoms with Crippen molar-refractivity contribution in [2.45, 2.75) is 105 Å². The molecule has 4 saturated heterocycles. The number of hydrogen-bond donors (Lipinski definition) is 8.